The second-order valence-electron chi connectivity index (χ2n) is 4.07. The highest BCUT2D eigenvalue weighted by Crippen LogP contribution is 2.10. The highest BCUT2D eigenvalue weighted by Gasteiger charge is 2.17. The van der Waals surface area contributed by atoms with E-state index >= 15 is 0 Å². The molecule has 0 aliphatic rings. The average Bonchev–Trinajstić information content (AvgIpc) is 2.69. The van der Waals surface area contributed by atoms with Crippen LogP contribution in [0.2, 0.25) is 0 Å². The monoisotopic (exact) mass is 243 g/mol. The van der Waals surface area contributed by atoms with Gasteiger partial charge in [0.15, 0.2) is 11.6 Å². The molecule has 0 bridgehead atoms. The normalized spacial score (nSPS) is 10.3. The summed E-state index contributed by atoms with van der Waals surface area (Å²) in [6, 6.07) is 3.33. The van der Waals surface area contributed by atoms with Crippen LogP contribution in [0, 0.1) is 6.92 Å². The van der Waals surface area contributed by atoms with Crippen LogP contribution in [0.15, 0.2) is 30.7 Å². The number of ketones is 2. The van der Waals surface area contributed by atoms with Crippen LogP contribution in [0.3, 0.4) is 0 Å². The fraction of sp³-hybridized carbons (Fsp3) is 0.231. The van der Waals surface area contributed by atoms with Gasteiger partial charge >= 0.3 is 0 Å². The van der Waals surface area contributed by atoms with Crippen molar-refractivity contribution in [2.75, 3.05) is 0 Å². The van der Waals surface area contributed by atoms with Crippen molar-refractivity contribution in [3.8, 4) is 0 Å². The second-order valence-corrected chi connectivity index (χ2v) is 4.07. The molecule has 2 aromatic heterocycles. The zero-order chi connectivity index (χ0) is 13.1. The zero-order valence-corrected chi connectivity index (χ0v) is 10.3. The Morgan fingerprint density at radius 3 is 2.67 bits per heavy atom. The number of carbonyl (C=O) groups is 2. The lowest BCUT2D eigenvalue weighted by Gasteiger charge is -1.99. The summed E-state index contributed by atoms with van der Waals surface area (Å²) in [6.45, 7) is 1.75. The van der Waals surface area contributed by atoms with E-state index in [2.05, 4.69) is 10.1 Å². The van der Waals surface area contributed by atoms with Crippen LogP contribution in [-0.4, -0.2) is 26.3 Å². The molecule has 0 aliphatic heterocycles. The van der Waals surface area contributed by atoms with Gasteiger partial charge in [0.25, 0.3) is 0 Å². The van der Waals surface area contributed by atoms with Crippen LogP contribution in [0.1, 0.15) is 32.8 Å². The maximum atomic E-state index is 12.0. The number of hydrogen-bond acceptors (Lipinski definition) is 4. The molecule has 92 valence electrons. The maximum absolute atomic E-state index is 12.0. The van der Waals surface area contributed by atoms with Crippen LogP contribution >= 0.6 is 0 Å². The Kier molecular flexibility index (Phi) is 3.32. The van der Waals surface area contributed by atoms with Crippen LogP contribution in [0.4, 0.5) is 0 Å². The molecule has 5 heteroatoms. The van der Waals surface area contributed by atoms with Crippen LogP contribution in [0.5, 0.6) is 0 Å². The number of hydrogen-bond donors (Lipinski definition) is 0. The molecule has 0 aromatic carbocycles. The third kappa shape index (κ3) is 2.51. The SMILES string of the molecule is Cc1nn(C)cc1C(=O)CC(=O)c1cccnc1. The molecular formula is C13H13N3O2. The standard InChI is InChI=1S/C13H13N3O2/c1-9-11(8-16(2)15-9)13(18)6-12(17)10-4-3-5-14-7-10/h3-5,7-8H,6H2,1-2H3. The number of nitrogens with zero attached hydrogens (tertiary/aromatic N) is 3. The smallest absolute Gasteiger partial charge is 0.174 e. The fourth-order valence-corrected chi connectivity index (χ4v) is 1.74. The Balaban J connectivity index is 2.13. The van der Waals surface area contributed by atoms with Crippen molar-refractivity contribution < 1.29 is 9.59 Å². The Bertz CT molecular complexity index is 588. The van der Waals surface area contributed by atoms with E-state index < -0.39 is 0 Å². The van der Waals surface area contributed by atoms with E-state index in [1.54, 1.807) is 43.2 Å². The number of aryl methyl sites for hydroxylation is 2. The molecule has 0 amide bonds. The summed E-state index contributed by atoms with van der Waals surface area (Å²) in [4.78, 5) is 27.7. The number of rotatable bonds is 4. The van der Waals surface area contributed by atoms with Crippen LogP contribution in [0.25, 0.3) is 0 Å². The Hall–Kier alpha value is -2.30. The number of pyridine rings is 1. The molecule has 0 unspecified atom stereocenters. The molecule has 2 rings (SSSR count). The van der Waals surface area contributed by atoms with E-state index in [1.165, 1.54) is 6.20 Å². The van der Waals surface area contributed by atoms with E-state index in [1.807, 2.05) is 0 Å². The molecule has 0 aliphatic carbocycles. The van der Waals surface area contributed by atoms with Gasteiger partial charge in [-0.15, -0.1) is 0 Å². The van der Waals surface area contributed by atoms with Crippen molar-refractivity contribution in [3.63, 3.8) is 0 Å². The molecule has 0 N–H and O–H groups in total. The van der Waals surface area contributed by atoms with Gasteiger partial charge in [-0.1, -0.05) is 0 Å². The summed E-state index contributed by atoms with van der Waals surface area (Å²) in [6.07, 6.45) is 4.53. The van der Waals surface area contributed by atoms with E-state index in [0.29, 0.717) is 16.8 Å². The second kappa shape index (κ2) is 4.91. The van der Waals surface area contributed by atoms with Gasteiger partial charge in [-0.25, -0.2) is 0 Å². The summed E-state index contributed by atoms with van der Waals surface area (Å²) in [5, 5.41) is 4.08. The first-order valence-corrected chi connectivity index (χ1v) is 5.54. The summed E-state index contributed by atoms with van der Waals surface area (Å²) < 4.78 is 1.57. The number of aromatic nitrogens is 3. The molecular weight excluding hydrogens is 230 g/mol. The molecule has 0 saturated carbocycles. The number of Topliss-reactive ketones (excluding diaryl/α,β-unsaturated/α-hetero) is 2. The number of carbonyl (C=O) groups excluding carboxylic acids is 2. The van der Waals surface area contributed by atoms with Gasteiger partial charge in [-0.2, -0.15) is 5.10 Å². The third-order valence-corrected chi connectivity index (χ3v) is 2.62. The first-order chi connectivity index (χ1) is 8.58. The van der Waals surface area contributed by atoms with Crippen molar-refractivity contribution in [2.45, 2.75) is 13.3 Å². The highest BCUT2D eigenvalue weighted by molar-refractivity contribution is 6.13. The van der Waals surface area contributed by atoms with Gasteiger partial charge in [0.05, 0.1) is 17.7 Å². The van der Waals surface area contributed by atoms with Crippen molar-refractivity contribution >= 4 is 11.6 Å². The predicted molar refractivity (Wildman–Crippen MR) is 65.5 cm³/mol. The van der Waals surface area contributed by atoms with E-state index in [4.69, 9.17) is 0 Å². The molecule has 0 radical (unpaired) electrons. The average molecular weight is 243 g/mol. The largest absolute Gasteiger partial charge is 0.294 e. The lowest BCUT2D eigenvalue weighted by Crippen LogP contribution is -2.09. The van der Waals surface area contributed by atoms with Gasteiger partial charge in [-0.05, 0) is 19.1 Å². The lowest BCUT2D eigenvalue weighted by atomic mass is 10.0. The summed E-state index contributed by atoms with van der Waals surface area (Å²) in [7, 11) is 1.74. The quantitative estimate of drug-likeness (QED) is 0.604. The van der Waals surface area contributed by atoms with E-state index in [0.717, 1.165) is 0 Å². The maximum Gasteiger partial charge on any atom is 0.174 e. The van der Waals surface area contributed by atoms with Gasteiger partial charge in [0.1, 0.15) is 0 Å². The Morgan fingerprint density at radius 2 is 2.11 bits per heavy atom. The fourth-order valence-electron chi connectivity index (χ4n) is 1.74. The molecule has 5 nitrogen and oxygen atoms in total. The minimum Gasteiger partial charge on any atom is -0.294 e. The van der Waals surface area contributed by atoms with Gasteiger partial charge in [0, 0.05) is 31.2 Å². The zero-order valence-electron chi connectivity index (χ0n) is 10.3. The molecule has 0 atom stereocenters. The van der Waals surface area contributed by atoms with Crippen LogP contribution < -0.4 is 0 Å². The molecule has 0 fully saturated rings. The highest BCUT2D eigenvalue weighted by atomic mass is 16.1. The summed E-state index contributed by atoms with van der Waals surface area (Å²) >= 11 is 0. The van der Waals surface area contributed by atoms with Gasteiger partial charge in [0.2, 0.25) is 0 Å². The third-order valence-electron chi connectivity index (χ3n) is 2.62. The molecule has 2 aromatic rings. The first-order valence-electron chi connectivity index (χ1n) is 5.54. The Morgan fingerprint density at radius 1 is 1.33 bits per heavy atom. The lowest BCUT2D eigenvalue weighted by molar-refractivity contribution is 0.0894. The summed E-state index contributed by atoms with van der Waals surface area (Å²) in [5.41, 5.74) is 1.59. The van der Waals surface area contributed by atoms with Gasteiger partial charge in [-0.3, -0.25) is 19.3 Å². The Labute approximate surface area is 104 Å². The van der Waals surface area contributed by atoms with Crippen molar-refractivity contribution in [1.82, 2.24) is 14.8 Å². The van der Waals surface area contributed by atoms with Crippen molar-refractivity contribution in [1.29, 1.82) is 0 Å². The van der Waals surface area contributed by atoms with Gasteiger partial charge < -0.3 is 0 Å². The summed E-state index contributed by atoms with van der Waals surface area (Å²) in [5.74, 6) is -0.439. The van der Waals surface area contributed by atoms with Crippen LogP contribution in [-0.2, 0) is 7.05 Å². The minimum atomic E-state index is -0.226. The minimum absolute atomic E-state index is 0.155. The van der Waals surface area contributed by atoms with E-state index in [-0.39, 0.29) is 18.0 Å². The topological polar surface area (TPSA) is 64.8 Å². The van der Waals surface area contributed by atoms with E-state index in [9.17, 15) is 9.59 Å². The van der Waals surface area contributed by atoms with Crippen molar-refractivity contribution in [3.05, 3.63) is 47.5 Å². The predicted octanol–water partition coefficient (Wildman–Crippen LogP) is 1.58. The molecule has 18 heavy (non-hydrogen) atoms. The first kappa shape index (κ1) is 12.2. The van der Waals surface area contributed by atoms with Crippen molar-refractivity contribution in [2.24, 2.45) is 7.05 Å². The molecule has 0 spiro atoms. The molecule has 2 heterocycles. The molecule has 0 saturated heterocycles.